The van der Waals surface area contributed by atoms with E-state index in [0.29, 0.717) is 17.3 Å². The minimum Gasteiger partial charge on any atom is -0.480 e. The Labute approximate surface area is 110 Å². The van der Waals surface area contributed by atoms with Gasteiger partial charge in [-0.2, -0.15) is 11.8 Å². The van der Waals surface area contributed by atoms with E-state index >= 15 is 0 Å². The second-order valence-corrected chi connectivity index (χ2v) is 5.61. The molecule has 1 aliphatic rings. The molecule has 1 aliphatic heterocycles. The van der Waals surface area contributed by atoms with Crippen LogP contribution in [-0.4, -0.2) is 40.1 Å². The zero-order valence-electron chi connectivity index (χ0n) is 9.30. The van der Waals surface area contributed by atoms with Gasteiger partial charge in [0.05, 0.1) is 0 Å². The summed E-state index contributed by atoms with van der Waals surface area (Å²) in [5.41, 5.74) is 1.10. The number of carbonyl (C=O) groups is 1. The summed E-state index contributed by atoms with van der Waals surface area (Å²) in [5.74, 6) is 0.937. The van der Waals surface area contributed by atoms with Crippen LogP contribution in [0.1, 0.15) is 5.56 Å². The topological polar surface area (TPSA) is 40.5 Å². The highest BCUT2D eigenvalue weighted by molar-refractivity contribution is 7.99. The lowest BCUT2D eigenvalue weighted by atomic mass is 10.2. The van der Waals surface area contributed by atoms with Crippen molar-refractivity contribution >= 4 is 29.3 Å². The van der Waals surface area contributed by atoms with E-state index in [-0.39, 0.29) is 6.04 Å². The number of halogens is 1. The van der Waals surface area contributed by atoms with Gasteiger partial charge in [0.2, 0.25) is 0 Å². The summed E-state index contributed by atoms with van der Waals surface area (Å²) in [6.45, 7) is 1.50. The molecule has 1 aromatic carbocycles. The van der Waals surface area contributed by atoms with E-state index in [1.165, 1.54) is 0 Å². The van der Waals surface area contributed by atoms with Gasteiger partial charge in [0, 0.05) is 29.6 Å². The summed E-state index contributed by atoms with van der Waals surface area (Å²) < 4.78 is 0. The van der Waals surface area contributed by atoms with Crippen LogP contribution in [0.5, 0.6) is 0 Å². The third-order valence-corrected chi connectivity index (χ3v) is 4.10. The highest BCUT2D eigenvalue weighted by atomic mass is 35.5. The van der Waals surface area contributed by atoms with Gasteiger partial charge in [-0.05, 0) is 17.7 Å². The van der Waals surface area contributed by atoms with Crippen LogP contribution >= 0.6 is 23.4 Å². The molecule has 1 unspecified atom stereocenters. The number of rotatable bonds is 3. The van der Waals surface area contributed by atoms with Crippen molar-refractivity contribution in [3.63, 3.8) is 0 Å². The fraction of sp³-hybridized carbons (Fsp3) is 0.417. The SMILES string of the molecule is O=C(O)C1CSCCN1Cc1ccc(Cl)cc1. The zero-order chi connectivity index (χ0) is 12.3. The van der Waals surface area contributed by atoms with Gasteiger partial charge >= 0.3 is 5.97 Å². The molecular formula is C12H14ClNO2S. The Morgan fingerprint density at radius 1 is 1.47 bits per heavy atom. The summed E-state index contributed by atoms with van der Waals surface area (Å²) in [4.78, 5) is 13.1. The molecule has 1 heterocycles. The Morgan fingerprint density at radius 3 is 2.82 bits per heavy atom. The number of aliphatic carboxylic acids is 1. The molecule has 2 rings (SSSR count). The van der Waals surface area contributed by atoms with Crippen LogP contribution in [0.3, 0.4) is 0 Å². The molecule has 1 fully saturated rings. The summed E-state index contributed by atoms with van der Waals surface area (Å²) >= 11 is 7.53. The molecule has 3 nitrogen and oxygen atoms in total. The smallest absolute Gasteiger partial charge is 0.321 e. The van der Waals surface area contributed by atoms with Gasteiger partial charge in [-0.25, -0.2) is 0 Å². The fourth-order valence-electron chi connectivity index (χ4n) is 1.88. The zero-order valence-corrected chi connectivity index (χ0v) is 10.9. The van der Waals surface area contributed by atoms with Gasteiger partial charge in [0.1, 0.15) is 6.04 Å². The Kier molecular flexibility index (Phi) is 4.31. The predicted molar refractivity (Wildman–Crippen MR) is 70.6 cm³/mol. The number of benzene rings is 1. The van der Waals surface area contributed by atoms with Crippen molar-refractivity contribution in [2.24, 2.45) is 0 Å². The third kappa shape index (κ3) is 3.37. The van der Waals surface area contributed by atoms with Gasteiger partial charge in [-0.3, -0.25) is 9.69 Å². The van der Waals surface area contributed by atoms with Crippen LogP contribution in [0, 0.1) is 0 Å². The molecule has 0 bridgehead atoms. The van der Waals surface area contributed by atoms with Crippen molar-refractivity contribution in [2.45, 2.75) is 12.6 Å². The predicted octanol–water partition coefficient (Wildman–Crippen LogP) is 2.34. The maximum absolute atomic E-state index is 11.1. The maximum atomic E-state index is 11.1. The first-order valence-corrected chi connectivity index (χ1v) is 6.99. The summed E-state index contributed by atoms with van der Waals surface area (Å²) in [5, 5.41) is 9.86. The lowest BCUT2D eigenvalue weighted by Crippen LogP contribution is -2.46. The lowest BCUT2D eigenvalue weighted by Gasteiger charge is -2.32. The van der Waals surface area contributed by atoms with Gasteiger partial charge in [0.15, 0.2) is 0 Å². The monoisotopic (exact) mass is 271 g/mol. The second-order valence-electron chi connectivity index (χ2n) is 4.03. The summed E-state index contributed by atoms with van der Waals surface area (Å²) in [7, 11) is 0. The van der Waals surface area contributed by atoms with Gasteiger partial charge in [0.25, 0.3) is 0 Å². The largest absolute Gasteiger partial charge is 0.480 e. The highest BCUT2D eigenvalue weighted by Crippen LogP contribution is 2.20. The fourth-order valence-corrected chi connectivity index (χ4v) is 3.11. The average Bonchev–Trinajstić information content (AvgIpc) is 2.32. The molecule has 5 heteroatoms. The van der Waals surface area contributed by atoms with E-state index in [4.69, 9.17) is 16.7 Å². The molecule has 0 amide bonds. The first-order valence-electron chi connectivity index (χ1n) is 5.46. The van der Waals surface area contributed by atoms with E-state index in [1.54, 1.807) is 11.8 Å². The minimum absolute atomic E-state index is 0.371. The molecule has 17 heavy (non-hydrogen) atoms. The van der Waals surface area contributed by atoms with E-state index in [9.17, 15) is 4.79 Å². The molecule has 0 radical (unpaired) electrons. The molecule has 1 N–H and O–H groups in total. The van der Waals surface area contributed by atoms with Crippen molar-refractivity contribution in [1.82, 2.24) is 4.90 Å². The molecule has 0 spiro atoms. The molecule has 0 saturated carbocycles. The second kappa shape index (κ2) is 5.76. The van der Waals surface area contributed by atoms with Crippen LogP contribution < -0.4 is 0 Å². The van der Waals surface area contributed by atoms with E-state index < -0.39 is 5.97 Å². The average molecular weight is 272 g/mol. The first kappa shape index (κ1) is 12.7. The van der Waals surface area contributed by atoms with E-state index in [0.717, 1.165) is 17.9 Å². The van der Waals surface area contributed by atoms with Crippen molar-refractivity contribution in [3.8, 4) is 0 Å². The normalized spacial score (nSPS) is 21.4. The lowest BCUT2D eigenvalue weighted by molar-refractivity contribution is -0.142. The Balaban J connectivity index is 2.05. The Morgan fingerprint density at radius 2 is 2.18 bits per heavy atom. The summed E-state index contributed by atoms with van der Waals surface area (Å²) in [6.07, 6.45) is 0. The maximum Gasteiger partial charge on any atom is 0.321 e. The van der Waals surface area contributed by atoms with Crippen LogP contribution in [0.4, 0.5) is 0 Å². The Bertz CT molecular complexity index is 396. The molecule has 92 valence electrons. The highest BCUT2D eigenvalue weighted by Gasteiger charge is 2.28. The van der Waals surface area contributed by atoms with E-state index in [2.05, 4.69) is 0 Å². The number of carboxylic acid groups (broad SMARTS) is 1. The van der Waals surface area contributed by atoms with Crippen molar-refractivity contribution in [1.29, 1.82) is 0 Å². The van der Waals surface area contributed by atoms with Gasteiger partial charge in [-0.1, -0.05) is 23.7 Å². The van der Waals surface area contributed by atoms with E-state index in [1.807, 2.05) is 29.2 Å². The first-order chi connectivity index (χ1) is 8.16. The van der Waals surface area contributed by atoms with Crippen LogP contribution in [0.15, 0.2) is 24.3 Å². The minimum atomic E-state index is -0.730. The third-order valence-electron chi connectivity index (χ3n) is 2.82. The number of hydrogen-bond acceptors (Lipinski definition) is 3. The van der Waals surface area contributed by atoms with Gasteiger partial charge in [-0.15, -0.1) is 0 Å². The van der Waals surface area contributed by atoms with Crippen molar-refractivity contribution < 1.29 is 9.90 Å². The van der Waals surface area contributed by atoms with Crippen molar-refractivity contribution in [2.75, 3.05) is 18.1 Å². The van der Waals surface area contributed by atoms with Crippen LogP contribution in [0.2, 0.25) is 5.02 Å². The number of carboxylic acids is 1. The molecule has 0 aromatic heterocycles. The molecule has 1 atom stereocenters. The number of hydrogen-bond donors (Lipinski definition) is 1. The quantitative estimate of drug-likeness (QED) is 0.916. The summed E-state index contributed by atoms with van der Waals surface area (Å²) in [6, 6.07) is 7.20. The van der Waals surface area contributed by atoms with Crippen molar-refractivity contribution in [3.05, 3.63) is 34.9 Å². The Hall–Kier alpha value is -0.710. The number of nitrogens with zero attached hydrogens (tertiary/aromatic N) is 1. The van der Waals surface area contributed by atoms with Crippen LogP contribution in [0.25, 0.3) is 0 Å². The standard InChI is InChI=1S/C12H14ClNO2S/c13-10-3-1-9(2-4-10)7-14-5-6-17-8-11(14)12(15)16/h1-4,11H,5-8H2,(H,15,16). The van der Waals surface area contributed by atoms with Gasteiger partial charge < -0.3 is 5.11 Å². The molecule has 0 aliphatic carbocycles. The molecular weight excluding hydrogens is 258 g/mol. The molecule has 1 aromatic rings. The number of thioether (sulfide) groups is 1. The molecule has 1 saturated heterocycles. The van der Waals surface area contributed by atoms with Crippen LogP contribution in [-0.2, 0) is 11.3 Å².